The largest absolute Gasteiger partial charge is 0.462 e. The van der Waals surface area contributed by atoms with Gasteiger partial charge in [-0.3, -0.25) is 4.68 Å². The Hall–Kier alpha value is -1.36. The van der Waals surface area contributed by atoms with Gasteiger partial charge in [0.25, 0.3) is 0 Å². The van der Waals surface area contributed by atoms with Crippen LogP contribution in [0.5, 0.6) is 0 Å². The number of esters is 1. The summed E-state index contributed by atoms with van der Waals surface area (Å²) in [6, 6.07) is 0. The van der Waals surface area contributed by atoms with Gasteiger partial charge in [0.2, 0.25) is 0 Å². The van der Waals surface area contributed by atoms with E-state index in [-0.39, 0.29) is 12.5 Å². The third kappa shape index (κ3) is 1.63. The molecule has 2 heterocycles. The molecule has 1 aromatic heterocycles. The Bertz CT molecular complexity index is 384. The van der Waals surface area contributed by atoms with E-state index >= 15 is 0 Å². The number of ether oxygens (including phenoxy) is 1. The summed E-state index contributed by atoms with van der Waals surface area (Å²) in [7, 11) is 0. The van der Waals surface area contributed by atoms with Crippen molar-refractivity contribution in [3.05, 3.63) is 17.0 Å². The molecule has 82 valence electrons. The standard InChI is InChI=1S/C10H15N3O2/c1-2-15-10(14)9-7(6-11)12-13-5-3-4-8(9)13/h2-6,11H2,1H3. The molecular formula is C10H15N3O2. The molecule has 0 saturated heterocycles. The number of carbonyl (C=O) groups excluding carboxylic acids is 1. The fourth-order valence-corrected chi connectivity index (χ4v) is 1.97. The van der Waals surface area contributed by atoms with Crippen LogP contribution in [0.2, 0.25) is 0 Å². The molecule has 1 aliphatic rings. The smallest absolute Gasteiger partial charge is 0.341 e. The van der Waals surface area contributed by atoms with Crippen LogP contribution >= 0.6 is 0 Å². The number of nitrogens with zero attached hydrogens (tertiary/aromatic N) is 2. The minimum absolute atomic E-state index is 0.286. The van der Waals surface area contributed by atoms with Crippen LogP contribution in [0.25, 0.3) is 0 Å². The summed E-state index contributed by atoms with van der Waals surface area (Å²) in [5.41, 5.74) is 7.79. The zero-order chi connectivity index (χ0) is 10.8. The monoisotopic (exact) mass is 209 g/mol. The topological polar surface area (TPSA) is 70.1 Å². The SMILES string of the molecule is CCOC(=O)c1c(CN)nn2c1CCC2. The van der Waals surface area contributed by atoms with Gasteiger partial charge in [-0.15, -0.1) is 0 Å². The van der Waals surface area contributed by atoms with Gasteiger partial charge in [0.1, 0.15) is 5.56 Å². The Morgan fingerprint density at radius 1 is 1.67 bits per heavy atom. The lowest BCUT2D eigenvalue weighted by molar-refractivity contribution is 0.0524. The Morgan fingerprint density at radius 3 is 3.13 bits per heavy atom. The average molecular weight is 209 g/mol. The van der Waals surface area contributed by atoms with Crippen molar-refractivity contribution in [2.75, 3.05) is 6.61 Å². The molecule has 5 heteroatoms. The van der Waals surface area contributed by atoms with E-state index in [4.69, 9.17) is 10.5 Å². The summed E-state index contributed by atoms with van der Waals surface area (Å²) < 4.78 is 6.88. The summed E-state index contributed by atoms with van der Waals surface area (Å²) in [5, 5.41) is 4.30. The molecule has 2 N–H and O–H groups in total. The summed E-state index contributed by atoms with van der Waals surface area (Å²) in [6.45, 7) is 3.34. The van der Waals surface area contributed by atoms with Crippen LogP contribution in [-0.4, -0.2) is 22.4 Å². The molecule has 0 radical (unpaired) electrons. The molecule has 5 nitrogen and oxygen atoms in total. The fourth-order valence-electron chi connectivity index (χ4n) is 1.97. The maximum atomic E-state index is 11.7. The van der Waals surface area contributed by atoms with Crippen molar-refractivity contribution in [2.45, 2.75) is 32.9 Å². The average Bonchev–Trinajstić information content (AvgIpc) is 2.75. The molecule has 0 amide bonds. The van der Waals surface area contributed by atoms with Crippen LogP contribution in [0.15, 0.2) is 0 Å². The van der Waals surface area contributed by atoms with Crippen LogP contribution < -0.4 is 5.73 Å². The van der Waals surface area contributed by atoms with Crippen LogP contribution in [0.3, 0.4) is 0 Å². The van der Waals surface area contributed by atoms with Crippen molar-refractivity contribution in [3.8, 4) is 0 Å². The number of aryl methyl sites for hydroxylation is 1. The zero-order valence-corrected chi connectivity index (χ0v) is 8.82. The number of fused-ring (bicyclic) bond motifs is 1. The molecule has 0 saturated carbocycles. The number of carbonyl (C=O) groups is 1. The van der Waals surface area contributed by atoms with E-state index in [0.717, 1.165) is 25.1 Å². The number of hydrogen-bond donors (Lipinski definition) is 1. The molecule has 0 aromatic carbocycles. The number of hydrogen-bond acceptors (Lipinski definition) is 4. The minimum atomic E-state index is -0.291. The van der Waals surface area contributed by atoms with Crippen LogP contribution in [0.4, 0.5) is 0 Å². The number of nitrogens with two attached hydrogens (primary N) is 1. The second-order valence-electron chi connectivity index (χ2n) is 3.52. The van der Waals surface area contributed by atoms with Crippen molar-refractivity contribution in [1.82, 2.24) is 9.78 Å². The summed E-state index contributed by atoms with van der Waals surface area (Å²) in [5.74, 6) is -0.291. The van der Waals surface area contributed by atoms with E-state index in [1.54, 1.807) is 6.92 Å². The van der Waals surface area contributed by atoms with E-state index in [2.05, 4.69) is 5.10 Å². The van der Waals surface area contributed by atoms with Gasteiger partial charge in [-0.1, -0.05) is 0 Å². The molecule has 1 aromatic rings. The molecule has 0 atom stereocenters. The van der Waals surface area contributed by atoms with Crippen molar-refractivity contribution in [2.24, 2.45) is 5.73 Å². The molecule has 2 rings (SSSR count). The molecule has 0 bridgehead atoms. The highest BCUT2D eigenvalue weighted by Gasteiger charge is 2.26. The first-order valence-corrected chi connectivity index (χ1v) is 5.23. The lowest BCUT2D eigenvalue weighted by Crippen LogP contribution is -2.11. The van der Waals surface area contributed by atoms with Gasteiger partial charge in [0.15, 0.2) is 0 Å². The Kier molecular flexibility index (Phi) is 2.73. The summed E-state index contributed by atoms with van der Waals surface area (Å²) in [6.07, 6.45) is 1.93. The summed E-state index contributed by atoms with van der Waals surface area (Å²) >= 11 is 0. The van der Waals surface area contributed by atoms with Gasteiger partial charge in [-0.25, -0.2) is 4.79 Å². The normalized spacial score (nSPS) is 14.0. The first-order valence-electron chi connectivity index (χ1n) is 5.23. The zero-order valence-electron chi connectivity index (χ0n) is 8.82. The predicted molar refractivity (Wildman–Crippen MR) is 54.4 cm³/mol. The maximum absolute atomic E-state index is 11.7. The molecule has 0 spiro atoms. The molecule has 15 heavy (non-hydrogen) atoms. The third-order valence-corrected chi connectivity index (χ3v) is 2.59. The molecular weight excluding hydrogens is 194 g/mol. The quantitative estimate of drug-likeness (QED) is 0.734. The Morgan fingerprint density at radius 2 is 2.47 bits per heavy atom. The lowest BCUT2D eigenvalue weighted by Gasteiger charge is -2.02. The van der Waals surface area contributed by atoms with Crippen LogP contribution in [0.1, 0.15) is 35.1 Å². The second-order valence-corrected chi connectivity index (χ2v) is 3.52. The highest BCUT2D eigenvalue weighted by Crippen LogP contribution is 2.22. The van der Waals surface area contributed by atoms with Crippen molar-refractivity contribution in [3.63, 3.8) is 0 Å². The van der Waals surface area contributed by atoms with E-state index in [9.17, 15) is 4.79 Å². The predicted octanol–water partition coefficient (Wildman–Crippen LogP) is 0.465. The first kappa shape index (κ1) is 10.2. The van der Waals surface area contributed by atoms with Gasteiger partial charge >= 0.3 is 5.97 Å². The van der Waals surface area contributed by atoms with E-state index < -0.39 is 0 Å². The molecule has 0 unspecified atom stereocenters. The highest BCUT2D eigenvalue weighted by molar-refractivity contribution is 5.92. The van der Waals surface area contributed by atoms with Gasteiger partial charge in [-0.05, 0) is 19.8 Å². The molecule has 1 aliphatic heterocycles. The van der Waals surface area contributed by atoms with E-state index in [0.29, 0.717) is 17.9 Å². The van der Waals surface area contributed by atoms with Gasteiger partial charge in [0, 0.05) is 13.1 Å². The van der Waals surface area contributed by atoms with Crippen LogP contribution in [0, 0.1) is 0 Å². The number of rotatable bonds is 3. The van der Waals surface area contributed by atoms with Gasteiger partial charge in [-0.2, -0.15) is 5.10 Å². The lowest BCUT2D eigenvalue weighted by atomic mass is 10.1. The van der Waals surface area contributed by atoms with Crippen LogP contribution in [-0.2, 0) is 24.2 Å². The van der Waals surface area contributed by atoms with Gasteiger partial charge in [0.05, 0.1) is 18.0 Å². The summed E-state index contributed by atoms with van der Waals surface area (Å²) in [4.78, 5) is 11.7. The third-order valence-electron chi connectivity index (χ3n) is 2.59. The van der Waals surface area contributed by atoms with E-state index in [1.165, 1.54) is 0 Å². The van der Waals surface area contributed by atoms with Gasteiger partial charge < -0.3 is 10.5 Å². The Balaban J connectivity index is 2.39. The minimum Gasteiger partial charge on any atom is -0.462 e. The highest BCUT2D eigenvalue weighted by atomic mass is 16.5. The number of aromatic nitrogens is 2. The Labute approximate surface area is 88.2 Å². The second kappa shape index (κ2) is 4.02. The molecule has 0 fully saturated rings. The van der Waals surface area contributed by atoms with Crippen molar-refractivity contribution in [1.29, 1.82) is 0 Å². The first-order chi connectivity index (χ1) is 7.27. The van der Waals surface area contributed by atoms with E-state index in [1.807, 2.05) is 4.68 Å². The van der Waals surface area contributed by atoms with Crippen molar-refractivity contribution < 1.29 is 9.53 Å². The fraction of sp³-hybridized carbons (Fsp3) is 0.600. The molecule has 0 aliphatic carbocycles. The maximum Gasteiger partial charge on any atom is 0.341 e. The van der Waals surface area contributed by atoms with Crippen molar-refractivity contribution >= 4 is 5.97 Å².